The number of fused-ring (bicyclic) bond motifs is 1. The molecule has 0 amide bonds. The van der Waals surface area contributed by atoms with Crippen molar-refractivity contribution in [1.82, 2.24) is 15.0 Å². The molecule has 2 heterocycles. The third-order valence-electron chi connectivity index (χ3n) is 4.10. The van der Waals surface area contributed by atoms with Crippen molar-refractivity contribution in [3.05, 3.63) is 30.0 Å². The second kappa shape index (κ2) is 8.34. The number of benzene rings is 1. The van der Waals surface area contributed by atoms with Gasteiger partial charge >= 0.3 is 0 Å². The van der Waals surface area contributed by atoms with Crippen molar-refractivity contribution in [2.24, 2.45) is 0 Å². The number of anilines is 3. The summed E-state index contributed by atoms with van der Waals surface area (Å²) in [6.07, 6.45) is 2.69. The van der Waals surface area contributed by atoms with E-state index in [2.05, 4.69) is 31.7 Å². The maximum atomic E-state index is 11.8. The Morgan fingerprint density at radius 3 is 2.72 bits per heavy atom. The Labute approximate surface area is 167 Å². The molecule has 0 spiro atoms. The fourth-order valence-corrected chi connectivity index (χ4v) is 3.34. The van der Waals surface area contributed by atoms with E-state index in [4.69, 9.17) is 9.47 Å². The SMILES string of the molecule is COCCNc1nc(Nc2ccc(S(C)(=O)=O)cc2OC)nc2[nH]cc(C#N)c12. The van der Waals surface area contributed by atoms with Crippen molar-refractivity contribution in [2.75, 3.05) is 44.3 Å². The van der Waals surface area contributed by atoms with Crippen LogP contribution in [0.15, 0.2) is 29.3 Å². The van der Waals surface area contributed by atoms with Crippen LogP contribution < -0.4 is 15.4 Å². The summed E-state index contributed by atoms with van der Waals surface area (Å²) in [5.74, 6) is 1.04. The molecule has 10 nitrogen and oxygen atoms in total. The molecule has 29 heavy (non-hydrogen) atoms. The molecule has 11 heteroatoms. The molecule has 152 valence electrons. The van der Waals surface area contributed by atoms with E-state index in [9.17, 15) is 13.7 Å². The minimum absolute atomic E-state index is 0.140. The molecule has 0 aliphatic carbocycles. The molecule has 3 aromatic rings. The van der Waals surface area contributed by atoms with Gasteiger partial charge in [-0.2, -0.15) is 15.2 Å². The van der Waals surface area contributed by atoms with Crippen LogP contribution in [0.2, 0.25) is 0 Å². The maximum absolute atomic E-state index is 11.8. The van der Waals surface area contributed by atoms with Crippen LogP contribution in [0.1, 0.15) is 5.56 Å². The number of ether oxygens (including phenoxy) is 2. The first-order valence-corrected chi connectivity index (χ1v) is 10.4. The highest BCUT2D eigenvalue weighted by Crippen LogP contribution is 2.31. The average molecular weight is 416 g/mol. The summed E-state index contributed by atoms with van der Waals surface area (Å²) in [4.78, 5) is 12.0. The van der Waals surface area contributed by atoms with Crippen LogP contribution in [0.4, 0.5) is 17.5 Å². The predicted molar refractivity (Wildman–Crippen MR) is 108 cm³/mol. The average Bonchev–Trinajstić information content (AvgIpc) is 3.11. The first-order chi connectivity index (χ1) is 13.9. The van der Waals surface area contributed by atoms with Gasteiger partial charge in [-0.05, 0) is 12.1 Å². The molecule has 2 aromatic heterocycles. The van der Waals surface area contributed by atoms with Gasteiger partial charge in [0.25, 0.3) is 0 Å². The number of methoxy groups -OCH3 is 2. The Hall–Kier alpha value is -3.36. The van der Waals surface area contributed by atoms with Crippen LogP contribution in [0.5, 0.6) is 5.75 Å². The van der Waals surface area contributed by atoms with E-state index in [1.807, 2.05) is 0 Å². The fourth-order valence-electron chi connectivity index (χ4n) is 2.70. The Kier molecular flexibility index (Phi) is 5.86. The van der Waals surface area contributed by atoms with Crippen LogP contribution in [-0.2, 0) is 14.6 Å². The van der Waals surface area contributed by atoms with Crippen LogP contribution in [0.3, 0.4) is 0 Å². The number of nitrogens with zero attached hydrogens (tertiary/aromatic N) is 3. The van der Waals surface area contributed by atoms with Crippen molar-refractivity contribution in [3.63, 3.8) is 0 Å². The highest BCUT2D eigenvalue weighted by atomic mass is 32.2. The number of hydrogen-bond acceptors (Lipinski definition) is 9. The molecule has 3 N–H and O–H groups in total. The van der Waals surface area contributed by atoms with Crippen LogP contribution in [0.25, 0.3) is 11.0 Å². The highest BCUT2D eigenvalue weighted by molar-refractivity contribution is 7.90. The number of sulfone groups is 1. The van der Waals surface area contributed by atoms with Gasteiger partial charge in [0.2, 0.25) is 5.95 Å². The van der Waals surface area contributed by atoms with E-state index in [-0.39, 0.29) is 10.8 Å². The molecule has 0 saturated carbocycles. The summed E-state index contributed by atoms with van der Waals surface area (Å²) in [7, 11) is -0.336. The first kappa shape index (κ1) is 20.4. The molecule has 0 aliphatic heterocycles. The summed E-state index contributed by atoms with van der Waals surface area (Å²) in [5.41, 5.74) is 1.39. The number of nitrogens with one attached hydrogen (secondary N) is 3. The van der Waals surface area contributed by atoms with Crippen molar-refractivity contribution in [1.29, 1.82) is 5.26 Å². The third-order valence-corrected chi connectivity index (χ3v) is 5.21. The Balaban J connectivity index is 2.01. The van der Waals surface area contributed by atoms with Gasteiger partial charge in [0.05, 0.1) is 35.2 Å². The topological polar surface area (TPSA) is 142 Å². The third kappa shape index (κ3) is 4.39. The van der Waals surface area contributed by atoms with Gasteiger partial charge in [-0.3, -0.25) is 0 Å². The van der Waals surface area contributed by atoms with E-state index >= 15 is 0 Å². The zero-order valence-electron chi connectivity index (χ0n) is 16.1. The normalized spacial score (nSPS) is 11.2. The second-order valence-electron chi connectivity index (χ2n) is 6.11. The number of hydrogen-bond donors (Lipinski definition) is 3. The van der Waals surface area contributed by atoms with Gasteiger partial charge in [-0.25, -0.2) is 8.42 Å². The maximum Gasteiger partial charge on any atom is 0.231 e. The lowest BCUT2D eigenvalue weighted by Crippen LogP contribution is -2.11. The molecule has 1 aromatic carbocycles. The first-order valence-electron chi connectivity index (χ1n) is 8.54. The largest absolute Gasteiger partial charge is 0.495 e. The zero-order valence-corrected chi connectivity index (χ0v) is 16.9. The number of H-pyrrole nitrogens is 1. The Morgan fingerprint density at radius 1 is 1.28 bits per heavy atom. The summed E-state index contributed by atoms with van der Waals surface area (Å²) in [6, 6.07) is 6.59. The van der Waals surface area contributed by atoms with E-state index in [1.165, 1.54) is 19.2 Å². The van der Waals surface area contributed by atoms with Crippen LogP contribution in [0, 0.1) is 11.3 Å². The van der Waals surface area contributed by atoms with Gasteiger partial charge in [-0.15, -0.1) is 0 Å². The molecular weight excluding hydrogens is 396 g/mol. The molecule has 3 rings (SSSR count). The number of aromatic nitrogens is 3. The van der Waals surface area contributed by atoms with Crippen molar-refractivity contribution >= 4 is 38.3 Å². The Bertz CT molecular complexity index is 1180. The lowest BCUT2D eigenvalue weighted by molar-refractivity contribution is 0.210. The molecule has 0 aliphatic rings. The molecule has 0 saturated heterocycles. The fraction of sp³-hybridized carbons (Fsp3) is 0.278. The van der Waals surface area contributed by atoms with Crippen molar-refractivity contribution in [3.8, 4) is 11.8 Å². The number of aromatic amines is 1. The van der Waals surface area contributed by atoms with Crippen molar-refractivity contribution < 1.29 is 17.9 Å². The number of rotatable bonds is 8. The molecular formula is C18H20N6O4S. The highest BCUT2D eigenvalue weighted by Gasteiger charge is 2.16. The summed E-state index contributed by atoms with van der Waals surface area (Å²) >= 11 is 0. The Morgan fingerprint density at radius 2 is 2.07 bits per heavy atom. The van der Waals surface area contributed by atoms with E-state index in [0.29, 0.717) is 47.0 Å². The predicted octanol–water partition coefficient (Wildman–Crippen LogP) is 2.04. The van der Waals surface area contributed by atoms with E-state index < -0.39 is 9.84 Å². The lowest BCUT2D eigenvalue weighted by atomic mass is 10.2. The van der Waals surface area contributed by atoms with Gasteiger partial charge in [-0.1, -0.05) is 0 Å². The lowest BCUT2D eigenvalue weighted by Gasteiger charge is -2.13. The summed E-state index contributed by atoms with van der Waals surface area (Å²) < 4.78 is 33.9. The standard InChI is InChI=1S/C18H20N6O4S/c1-27-7-6-20-16-15-11(9-19)10-21-17(15)24-18(23-16)22-13-5-4-12(29(3,25)26)8-14(13)28-2/h4-5,8,10H,6-7H2,1-3H3,(H3,20,21,22,23,24). The van der Waals surface area contributed by atoms with Crippen LogP contribution in [-0.4, -0.2) is 57.0 Å². The smallest absolute Gasteiger partial charge is 0.231 e. The van der Waals surface area contributed by atoms with Gasteiger partial charge < -0.3 is 25.1 Å². The minimum atomic E-state index is -3.37. The second-order valence-corrected chi connectivity index (χ2v) is 8.13. The molecule has 0 unspecified atom stereocenters. The molecule has 0 bridgehead atoms. The monoisotopic (exact) mass is 416 g/mol. The quantitative estimate of drug-likeness (QED) is 0.470. The minimum Gasteiger partial charge on any atom is -0.495 e. The van der Waals surface area contributed by atoms with Gasteiger partial charge in [0.15, 0.2) is 9.84 Å². The van der Waals surface area contributed by atoms with Gasteiger partial charge in [0.1, 0.15) is 23.3 Å². The van der Waals surface area contributed by atoms with E-state index in [1.54, 1.807) is 19.4 Å². The molecule has 0 fully saturated rings. The van der Waals surface area contributed by atoms with Crippen LogP contribution >= 0.6 is 0 Å². The summed E-state index contributed by atoms with van der Waals surface area (Å²) in [5, 5.41) is 16.1. The molecule has 0 atom stereocenters. The summed E-state index contributed by atoms with van der Waals surface area (Å²) in [6.45, 7) is 0.950. The van der Waals surface area contributed by atoms with Gasteiger partial charge in [0, 0.05) is 32.2 Å². The zero-order chi connectivity index (χ0) is 21.0. The van der Waals surface area contributed by atoms with E-state index in [0.717, 1.165) is 6.26 Å². The number of nitriles is 1. The van der Waals surface area contributed by atoms with Crippen molar-refractivity contribution in [2.45, 2.75) is 4.90 Å². The molecule has 0 radical (unpaired) electrons.